The summed E-state index contributed by atoms with van der Waals surface area (Å²) in [5.74, 6) is 1.16. The third kappa shape index (κ3) is 7.04. The van der Waals surface area contributed by atoms with Gasteiger partial charge in [-0.15, -0.1) is 0 Å². The predicted molar refractivity (Wildman–Crippen MR) is 161 cm³/mol. The number of carbonyl (C=O) groups is 1. The van der Waals surface area contributed by atoms with Crippen molar-refractivity contribution in [3.8, 4) is 51.2 Å². The minimum atomic E-state index is -1.07. The van der Waals surface area contributed by atoms with E-state index < -0.39 is 12.6 Å². The molecule has 1 aliphatic heterocycles. The van der Waals surface area contributed by atoms with Gasteiger partial charge in [-0.2, -0.15) is 5.10 Å². The minimum Gasteiger partial charge on any atom is -0.497 e. The second kappa shape index (κ2) is 13.7. The van der Waals surface area contributed by atoms with Crippen LogP contribution >= 0.6 is 15.9 Å². The summed E-state index contributed by atoms with van der Waals surface area (Å²) in [5, 5.41) is 14.1. The van der Waals surface area contributed by atoms with Crippen molar-refractivity contribution < 1.29 is 33.6 Å². The molecule has 1 N–H and O–H groups in total. The fourth-order valence-electron chi connectivity index (χ4n) is 4.65. The summed E-state index contributed by atoms with van der Waals surface area (Å²) in [6.45, 7) is 4.15. The van der Waals surface area contributed by atoms with Gasteiger partial charge in [0.1, 0.15) is 18.1 Å². The maximum absolute atomic E-state index is 11.2. The van der Waals surface area contributed by atoms with Crippen molar-refractivity contribution in [3.63, 3.8) is 0 Å². The number of ether oxygens (including phenoxy) is 5. The van der Waals surface area contributed by atoms with E-state index in [4.69, 9.17) is 28.8 Å². The number of rotatable bonds is 12. The Kier molecular flexibility index (Phi) is 9.63. The van der Waals surface area contributed by atoms with E-state index >= 15 is 0 Å². The molecule has 1 saturated heterocycles. The number of halogens is 1. The third-order valence-electron chi connectivity index (χ3n) is 6.82. The van der Waals surface area contributed by atoms with Crippen molar-refractivity contribution in [2.75, 3.05) is 60.3 Å². The molecule has 5 rings (SSSR count). The zero-order valence-corrected chi connectivity index (χ0v) is 25.0. The van der Waals surface area contributed by atoms with Crippen LogP contribution in [0.3, 0.4) is 0 Å². The molecule has 2 heterocycles. The molecule has 0 atom stereocenters. The lowest BCUT2D eigenvalue weighted by Crippen LogP contribution is -2.38. The number of aliphatic carboxylic acids is 1. The summed E-state index contributed by atoms with van der Waals surface area (Å²) < 4.78 is 31.1. The first-order chi connectivity index (χ1) is 20.4. The fraction of sp³-hybridized carbons (Fsp3) is 0.290. The molecule has 10 nitrogen and oxygen atoms in total. The molecule has 1 aromatic heterocycles. The van der Waals surface area contributed by atoms with Crippen LogP contribution in [-0.4, -0.2) is 86.0 Å². The monoisotopic (exact) mass is 637 g/mol. The molecule has 3 aromatic carbocycles. The predicted octanol–water partition coefficient (Wildman–Crippen LogP) is 5.16. The SMILES string of the molecule is COc1ccc(OCC(=O)O)c(-c2cc(-c3ccc(OCCN4CCOCC4)c(OC)c3)n(-c3ccc(Br)cc3)n2)c1. The Bertz CT molecular complexity index is 1520. The summed E-state index contributed by atoms with van der Waals surface area (Å²) in [7, 11) is 3.19. The van der Waals surface area contributed by atoms with Gasteiger partial charge in [0.05, 0.1) is 44.5 Å². The van der Waals surface area contributed by atoms with Gasteiger partial charge in [0.2, 0.25) is 0 Å². The standard InChI is InChI=1S/C31H32BrN3O7/c1-38-24-8-10-28(42-20-31(36)37)25(18-24)26-19-27(35(33-26)23-6-4-22(32)5-7-23)21-3-9-29(30(17-21)39-2)41-16-13-34-11-14-40-15-12-34/h3-10,17-19H,11-16,20H2,1-2H3,(H,36,37). The van der Waals surface area contributed by atoms with Crippen molar-refractivity contribution >= 4 is 21.9 Å². The van der Waals surface area contributed by atoms with Crippen molar-refractivity contribution in [3.05, 3.63) is 71.2 Å². The van der Waals surface area contributed by atoms with Gasteiger partial charge in [-0.25, -0.2) is 9.48 Å². The van der Waals surface area contributed by atoms with E-state index in [-0.39, 0.29) is 0 Å². The normalized spacial score (nSPS) is 13.5. The number of carboxylic acids is 1. The maximum atomic E-state index is 11.2. The highest BCUT2D eigenvalue weighted by Crippen LogP contribution is 2.38. The quantitative estimate of drug-likeness (QED) is 0.225. The molecular weight excluding hydrogens is 606 g/mol. The van der Waals surface area contributed by atoms with Crippen molar-refractivity contribution in [1.82, 2.24) is 14.7 Å². The Balaban J connectivity index is 1.51. The first-order valence-corrected chi connectivity index (χ1v) is 14.2. The van der Waals surface area contributed by atoms with Crippen LogP contribution in [0.1, 0.15) is 0 Å². The van der Waals surface area contributed by atoms with Crippen LogP contribution in [0.2, 0.25) is 0 Å². The van der Waals surface area contributed by atoms with E-state index in [1.165, 1.54) is 0 Å². The summed E-state index contributed by atoms with van der Waals surface area (Å²) in [6, 6.07) is 20.7. The number of carboxylic acid groups (broad SMARTS) is 1. The second-order valence-electron chi connectivity index (χ2n) is 9.52. The van der Waals surface area contributed by atoms with Gasteiger partial charge < -0.3 is 28.8 Å². The van der Waals surface area contributed by atoms with Crippen LogP contribution in [0.4, 0.5) is 0 Å². The number of methoxy groups -OCH3 is 2. The summed E-state index contributed by atoms with van der Waals surface area (Å²) in [6.07, 6.45) is 0. The number of hydrogen-bond donors (Lipinski definition) is 1. The van der Waals surface area contributed by atoms with Gasteiger partial charge in [0, 0.05) is 35.2 Å². The molecule has 4 aromatic rings. The number of nitrogens with zero attached hydrogens (tertiary/aromatic N) is 3. The lowest BCUT2D eigenvalue weighted by Gasteiger charge is -2.26. The van der Waals surface area contributed by atoms with E-state index in [2.05, 4.69) is 20.8 Å². The molecule has 0 unspecified atom stereocenters. The van der Waals surface area contributed by atoms with E-state index in [1.807, 2.05) is 53.2 Å². The molecule has 1 aliphatic rings. The highest BCUT2D eigenvalue weighted by atomic mass is 79.9. The lowest BCUT2D eigenvalue weighted by molar-refractivity contribution is -0.139. The Morgan fingerprint density at radius 2 is 1.69 bits per heavy atom. The molecule has 0 amide bonds. The van der Waals surface area contributed by atoms with Crippen LogP contribution in [0.25, 0.3) is 28.2 Å². The molecule has 0 spiro atoms. The summed E-state index contributed by atoms with van der Waals surface area (Å²) in [5.41, 5.74) is 3.65. The maximum Gasteiger partial charge on any atom is 0.341 e. The molecule has 1 fully saturated rings. The van der Waals surface area contributed by atoms with Gasteiger partial charge in [0.15, 0.2) is 18.1 Å². The van der Waals surface area contributed by atoms with Crippen LogP contribution in [-0.2, 0) is 9.53 Å². The highest BCUT2D eigenvalue weighted by molar-refractivity contribution is 9.10. The van der Waals surface area contributed by atoms with Crippen LogP contribution in [0.5, 0.6) is 23.0 Å². The molecule has 0 bridgehead atoms. The first kappa shape index (κ1) is 29.4. The van der Waals surface area contributed by atoms with Gasteiger partial charge in [-0.3, -0.25) is 4.90 Å². The van der Waals surface area contributed by atoms with Crippen molar-refractivity contribution in [1.29, 1.82) is 0 Å². The second-order valence-corrected chi connectivity index (χ2v) is 10.4. The Morgan fingerprint density at radius 1 is 0.929 bits per heavy atom. The smallest absolute Gasteiger partial charge is 0.341 e. The van der Waals surface area contributed by atoms with E-state index in [9.17, 15) is 9.90 Å². The Morgan fingerprint density at radius 3 is 2.40 bits per heavy atom. The highest BCUT2D eigenvalue weighted by Gasteiger charge is 2.19. The first-order valence-electron chi connectivity index (χ1n) is 13.5. The summed E-state index contributed by atoms with van der Waals surface area (Å²) >= 11 is 3.50. The van der Waals surface area contributed by atoms with Crippen molar-refractivity contribution in [2.45, 2.75) is 0 Å². The number of aromatic nitrogens is 2. The van der Waals surface area contributed by atoms with Gasteiger partial charge >= 0.3 is 5.97 Å². The van der Waals surface area contributed by atoms with Gasteiger partial charge in [-0.05, 0) is 66.7 Å². The average Bonchev–Trinajstić information content (AvgIpc) is 3.46. The number of hydrogen-bond acceptors (Lipinski definition) is 8. The van der Waals surface area contributed by atoms with Crippen LogP contribution in [0.15, 0.2) is 71.2 Å². The molecule has 0 saturated carbocycles. The zero-order valence-electron chi connectivity index (χ0n) is 23.4. The molecule has 42 heavy (non-hydrogen) atoms. The lowest BCUT2D eigenvalue weighted by atomic mass is 10.1. The van der Waals surface area contributed by atoms with E-state index in [0.29, 0.717) is 40.9 Å². The molecule has 0 aliphatic carbocycles. The topological polar surface area (TPSA) is 105 Å². The minimum absolute atomic E-state index is 0.381. The number of benzene rings is 3. The molecular formula is C31H32BrN3O7. The van der Waals surface area contributed by atoms with Crippen LogP contribution < -0.4 is 18.9 Å². The van der Waals surface area contributed by atoms with Crippen molar-refractivity contribution in [2.24, 2.45) is 0 Å². The largest absolute Gasteiger partial charge is 0.497 e. The zero-order chi connectivity index (χ0) is 29.5. The van der Waals surface area contributed by atoms with E-state index in [1.54, 1.807) is 32.4 Å². The molecule has 11 heteroatoms. The summed E-state index contributed by atoms with van der Waals surface area (Å²) in [4.78, 5) is 13.5. The van der Waals surface area contributed by atoms with Gasteiger partial charge in [-0.1, -0.05) is 15.9 Å². The molecule has 220 valence electrons. The average molecular weight is 639 g/mol. The third-order valence-corrected chi connectivity index (χ3v) is 7.35. The van der Waals surface area contributed by atoms with E-state index in [0.717, 1.165) is 54.3 Å². The number of morpholine rings is 1. The Hall–Kier alpha value is -4.06. The van der Waals surface area contributed by atoms with Crippen LogP contribution in [0, 0.1) is 0 Å². The van der Waals surface area contributed by atoms with Gasteiger partial charge in [0.25, 0.3) is 0 Å². The molecule has 0 radical (unpaired) electrons. The Labute approximate surface area is 252 Å². The fourth-order valence-corrected chi connectivity index (χ4v) is 4.92.